The Morgan fingerprint density at radius 1 is 0.850 bits per heavy atom. The third kappa shape index (κ3) is 30.6. The van der Waals surface area contributed by atoms with Gasteiger partial charge in [0.15, 0.2) is 0 Å². The lowest BCUT2D eigenvalue weighted by Gasteiger charge is -2.10. The van der Waals surface area contributed by atoms with Gasteiger partial charge >= 0.3 is 0 Å². The highest BCUT2D eigenvalue weighted by atomic mass is 14.1. The molecular weight excluding hydrogens is 240 g/mol. The summed E-state index contributed by atoms with van der Waals surface area (Å²) in [5.74, 6) is 2.65. The Bertz CT molecular complexity index is 144. The lowest BCUT2D eigenvalue weighted by atomic mass is 9.96. The van der Waals surface area contributed by atoms with Gasteiger partial charge < -0.3 is 0 Å². The van der Waals surface area contributed by atoms with Gasteiger partial charge in [-0.25, -0.2) is 0 Å². The first-order chi connectivity index (χ1) is 9.49. The molecule has 0 saturated heterocycles. The van der Waals surface area contributed by atoms with Crippen molar-refractivity contribution in [3.8, 4) is 0 Å². The van der Waals surface area contributed by atoms with Gasteiger partial charge in [-0.05, 0) is 31.1 Å². The van der Waals surface area contributed by atoms with E-state index in [1.807, 2.05) is 27.7 Å². The number of rotatable bonds is 6. The molecular formula is C20H46. The quantitative estimate of drug-likeness (QED) is 0.432. The molecule has 2 unspecified atom stereocenters. The molecule has 0 fully saturated rings. The van der Waals surface area contributed by atoms with Crippen LogP contribution in [0.5, 0.6) is 0 Å². The molecule has 0 saturated carbocycles. The first-order valence-corrected chi connectivity index (χ1v) is 9.10. The van der Waals surface area contributed by atoms with Gasteiger partial charge in [-0.15, -0.1) is 0 Å². The molecule has 0 aromatic carbocycles. The van der Waals surface area contributed by atoms with Gasteiger partial charge in [0.1, 0.15) is 0 Å². The lowest BCUT2D eigenvalue weighted by Crippen LogP contribution is -2.00. The summed E-state index contributed by atoms with van der Waals surface area (Å²) >= 11 is 0. The maximum absolute atomic E-state index is 2.31. The molecule has 0 nitrogen and oxygen atoms in total. The largest absolute Gasteiger partial charge is 0.0917 e. The molecule has 0 amide bonds. The topological polar surface area (TPSA) is 0 Å². The standard InChI is InChI=1S/C9H18.C7H16.2C2H6/c1-4-6-8-9(3)7-5-2;1-5-7(4)6(2)3;2*1-2/h4,6,9H,5,7-8H2,1-3H3;6-7H,5H2,1-4H3;2*1-2H3/b6-4+;;;. The Hall–Kier alpha value is -0.260. The number of hydrogen-bond acceptors (Lipinski definition) is 0. The third-order valence-electron chi connectivity index (χ3n) is 3.34. The van der Waals surface area contributed by atoms with E-state index in [0.29, 0.717) is 0 Å². The molecule has 0 heteroatoms. The van der Waals surface area contributed by atoms with Crippen molar-refractivity contribution in [2.45, 2.75) is 102 Å². The summed E-state index contributed by atoms with van der Waals surface area (Å²) in [7, 11) is 0. The highest BCUT2D eigenvalue weighted by Gasteiger charge is 2.01. The van der Waals surface area contributed by atoms with E-state index < -0.39 is 0 Å². The number of allylic oxidation sites excluding steroid dienone is 2. The Morgan fingerprint density at radius 3 is 1.50 bits per heavy atom. The van der Waals surface area contributed by atoms with Crippen molar-refractivity contribution in [2.24, 2.45) is 17.8 Å². The van der Waals surface area contributed by atoms with Crippen LogP contribution in [0.3, 0.4) is 0 Å². The van der Waals surface area contributed by atoms with Gasteiger partial charge in [-0.3, -0.25) is 0 Å². The SMILES string of the molecule is C/C=C/CC(C)CCC.CC.CC.CCC(C)C(C)C. The summed E-state index contributed by atoms with van der Waals surface area (Å²) < 4.78 is 0. The molecule has 0 N–H and O–H groups in total. The second-order valence-electron chi connectivity index (χ2n) is 5.33. The molecule has 0 spiro atoms. The monoisotopic (exact) mass is 286 g/mol. The minimum atomic E-state index is 0.866. The minimum Gasteiger partial charge on any atom is -0.0917 e. The van der Waals surface area contributed by atoms with E-state index in [0.717, 1.165) is 17.8 Å². The molecule has 0 aliphatic carbocycles. The van der Waals surface area contributed by atoms with E-state index in [2.05, 4.69) is 60.6 Å². The maximum Gasteiger partial charge on any atom is -0.0325 e. The van der Waals surface area contributed by atoms with E-state index in [1.165, 1.54) is 25.7 Å². The number of hydrogen-bond donors (Lipinski definition) is 0. The zero-order valence-electron chi connectivity index (χ0n) is 16.7. The molecule has 0 radical (unpaired) electrons. The fraction of sp³-hybridized carbons (Fsp3) is 0.900. The van der Waals surface area contributed by atoms with Crippen LogP contribution >= 0.6 is 0 Å². The molecule has 0 aromatic rings. The molecule has 0 aromatic heterocycles. The van der Waals surface area contributed by atoms with Crippen LogP contribution in [0.1, 0.15) is 102 Å². The fourth-order valence-corrected chi connectivity index (χ4v) is 1.45. The van der Waals surface area contributed by atoms with E-state index in [1.54, 1.807) is 0 Å². The van der Waals surface area contributed by atoms with Gasteiger partial charge in [-0.2, -0.15) is 0 Å². The second kappa shape index (κ2) is 27.1. The smallest absolute Gasteiger partial charge is 0.0325 e. The van der Waals surface area contributed by atoms with Crippen molar-refractivity contribution in [1.29, 1.82) is 0 Å². The van der Waals surface area contributed by atoms with Crippen LogP contribution in [-0.4, -0.2) is 0 Å². The summed E-state index contributed by atoms with van der Waals surface area (Å²) in [6.07, 6.45) is 9.64. The molecule has 0 bridgehead atoms. The average Bonchev–Trinajstić information content (AvgIpc) is 2.49. The zero-order chi connectivity index (χ0) is 17.0. The summed E-state index contributed by atoms with van der Waals surface area (Å²) in [5.41, 5.74) is 0. The Balaban J connectivity index is -0.000000104. The van der Waals surface area contributed by atoms with Crippen molar-refractivity contribution >= 4 is 0 Å². The molecule has 2 atom stereocenters. The summed E-state index contributed by atoms with van der Waals surface area (Å²) in [6, 6.07) is 0. The van der Waals surface area contributed by atoms with Gasteiger partial charge in [0.25, 0.3) is 0 Å². The molecule has 0 aliphatic heterocycles. The van der Waals surface area contributed by atoms with Crippen molar-refractivity contribution in [3.63, 3.8) is 0 Å². The van der Waals surface area contributed by atoms with Gasteiger partial charge in [0.2, 0.25) is 0 Å². The Kier molecular flexibility index (Phi) is 38.0. The predicted molar refractivity (Wildman–Crippen MR) is 100 cm³/mol. The van der Waals surface area contributed by atoms with Crippen LogP contribution in [0.2, 0.25) is 0 Å². The van der Waals surface area contributed by atoms with E-state index in [9.17, 15) is 0 Å². The zero-order valence-corrected chi connectivity index (χ0v) is 16.7. The van der Waals surface area contributed by atoms with Gasteiger partial charge in [-0.1, -0.05) is 101 Å². The fourth-order valence-electron chi connectivity index (χ4n) is 1.45. The first-order valence-electron chi connectivity index (χ1n) is 9.10. The Labute approximate surface area is 132 Å². The van der Waals surface area contributed by atoms with Crippen LogP contribution in [0, 0.1) is 17.8 Å². The highest BCUT2D eigenvalue weighted by molar-refractivity contribution is 4.78. The summed E-state index contributed by atoms with van der Waals surface area (Å²) in [6.45, 7) is 23.7. The van der Waals surface area contributed by atoms with Crippen LogP contribution < -0.4 is 0 Å². The third-order valence-corrected chi connectivity index (χ3v) is 3.34. The highest BCUT2D eigenvalue weighted by Crippen LogP contribution is 2.11. The van der Waals surface area contributed by atoms with Crippen molar-refractivity contribution in [2.75, 3.05) is 0 Å². The van der Waals surface area contributed by atoms with Gasteiger partial charge in [0, 0.05) is 0 Å². The van der Waals surface area contributed by atoms with Crippen molar-refractivity contribution in [1.82, 2.24) is 0 Å². The second-order valence-corrected chi connectivity index (χ2v) is 5.33. The maximum atomic E-state index is 2.31. The molecule has 126 valence electrons. The normalized spacial score (nSPS) is 12.4. The van der Waals surface area contributed by atoms with E-state index >= 15 is 0 Å². The molecule has 0 heterocycles. The first kappa shape index (κ1) is 28.0. The average molecular weight is 287 g/mol. The summed E-state index contributed by atoms with van der Waals surface area (Å²) in [4.78, 5) is 0. The Morgan fingerprint density at radius 2 is 1.30 bits per heavy atom. The van der Waals surface area contributed by atoms with E-state index in [4.69, 9.17) is 0 Å². The van der Waals surface area contributed by atoms with Crippen LogP contribution in [0.15, 0.2) is 12.2 Å². The molecule has 20 heavy (non-hydrogen) atoms. The minimum absolute atomic E-state index is 0.866. The van der Waals surface area contributed by atoms with Crippen LogP contribution in [0.25, 0.3) is 0 Å². The van der Waals surface area contributed by atoms with Gasteiger partial charge in [0.05, 0.1) is 0 Å². The van der Waals surface area contributed by atoms with E-state index in [-0.39, 0.29) is 0 Å². The molecule has 0 rings (SSSR count). The van der Waals surface area contributed by atoms with Crippen molar-refractivity contribution < 1.29 is 0 Å². The molecule has 0 aliphatic rings. The lowest BCUT2D eigenvalue weighted by molar-refractivity contribution is 0.407. The predicted octanol–water partition coefficient (Wildman–Crippen LogP) is 8.13. The van der Waals surface area contributed by atoms with Crippen LogP contribution in [0.4, 0.5) is 0 Å². The van der Waals surface area contributed by atoms with Crippen LogP contribution in [-0.2, 0) is 0 Å². The van der Waals surface area contributed by atoms with Crippen molar-refractivity contribution in [3.05, 3.63) is 12.2 Å². The summed E-state index contributed by atoms with van der Waals surface area (Å²) in [5, 5.41) is 0.